The van der Waals surface area contributed by atoms with Crippen LogP contribution in [0.2, 0.25) is 0 Å². The summed E-state index contributed by atoms with van der Waals surface area (Å²) in [6.45, 7) is 6.03. The molecule has 0 aliphatic rings. The highest BCUT2D eigenvalue weighted by atomic mass is 16.6. The minimum Gasteiger partial charge on any atom is -0.460 e. The highest BCUT2D eigenvalue weighted by Gasteiger charge is 2.18. The van der Waals surface area contributed by atoms with Crippen LogP contribution < -0.4 is 0 Å². The van der Waals surface area contributed by atoms with Gasteiger partial charge in [0, 0.05) is 13.7 Å². The summed E-state index contributed by atoms with van der Waals surface area (Å²) in [4.78, 5) is 11.3. The highest BCUT2D eigenvalue weighted by Crippen LogP contribution is 2.10. The molecule has 0 fully saturated rings. The van der Waals surface area contributed by atoms with Gasteiger partial charge in [-0.05, 0) is 33.6 Å². The molecule has 0 aromatic heterocycles. The van der Waals surface area contributed by atoms with Crippen molar-refractivity contribution in [3.63, 3.8) is 0 Å². The van der Waals surface area contributed by atoms with Crippen LogP contribution in [0.3, 0.4) is 0 Å². The monoisotopic (exact) mass is 218 g/mol. The molecule has 0 radical (unpaired) electrons. The SMILES string of the molecule is COCCCC(O)CC(=O)OC(C)(C)C. The molecule has 1 N–H and O–H groups in total. The molecule has 0 aromatic carbocycles. The molecule has 0 aromatic rings. The van der Waals surface area contributed by atoms with Crippen molar-refractivity contribution < 1.29 is 19.4 Å². The van der Waals surface area contributed by atoms with Crippen LogP contribution in [0, 0.1) is 0 Å². The van der Waals surface area contributed by atoms with E-state index in [1.54, 1.807) is 7.11 Å². The number of carbonyl (C=O) groups is 1. The van der Waals surface area contributed by atoms with E-state index >= 15 is 0 Å². The number of carbonyl (C=O) groups excluding carboxylic acids is 1. The zero-order chi connectivity index (χ0) is 11.9. The van der Waals surface area contributed by atoms with Crippen LogP contribution in [-0.2, 0) is 14.3 Å². The van der Waals surface area contributed by atoms with E-state index < -0.39 is 11.7 Å². The third-order valence-electron chi connectivity index (χ3n) is 1.71. The van der Waals surface area contributed by atoms with Crippen molar-refractivity contribution in [2.45, 2.75) is 51.7 Å². The first-order valence-corrected chi connectivity index (χ1v) is 5.24. The first-order valence-electron chi connectivity index (χ1n) is 5.24. The van der Waals surface area contributed by atoms with Gasteiger partial charge < -0.3 is 14.6 Å². The van der Waals surface area contributed by atoms with Crippen LogP contribution in [0.4, 0.5) is 0 Å². The van der Waals surface area contributed by atoms with Gasteiger partial charge in [-0.3, -0.25) is 4.79 Å². The van der Waals surface area contributed by atoms with Crippen LogP contribution in [0.25, 0.3) is 0 Å². The van der Waals surface area contributed by atoms with E-state index in [1.165, 1.54) is 0 Å². The quantitative estimate of drug-likeness (QED) is 0.542. The van der Waals surface area contributed by atoms with E-state index in [0.29, 0.717) is 13.0 Å². The third-order valence-corrected chi connectivity index (χ3v) is 1.71. The first-order chi connectivity index (χ1) is 6.85. The Bertz CT molecular complexity index is 184. The summed E-state index contributed by atoms with van der Waals surface area (Å²) < 4.78 is 9.93. The zero-order valence-electron chi connectivity index (χ0n) is 10.1. The van der Waals surface area contributed by atoms with Crippen molar-refractivity contribution in [2.75, 3.05) is 13.7 Å². The average molecular weight is 218 g/mol. The van der Waals surface area contributed by atoms with Crippen LogP contribution in [-0.4, -0.2) is 36.5 Å². The Balaban J connectivity index is 3.67. The molecule has 0 saturated heterocycles. The Hall–Kier alpha value is -0.610. The van der Waals surface area contributed by atoms with Gasteiger partial charge in [0.05, 0.1) is 12.5 Å². The van der Waals surface area contributed by atoms with Crippen LogP contribution >= 0.6 is 0 Å². The molecule has 1 atom stereocenters. The van der Waals surface area contributed by atoms with E-state index in [2.05, 4.69) is 0 Å². The number of hydrogen-bond acceptors (Lipinski definition) is 4. The number of ether oxygens (including phenoxy) is 2. The van der Waals surface area contributed by atoms with Gasteiger partial charge in [-0.25, -0.2) is 0 Å². The lowest BCUT2D eigenvalue weighted by Crippen LogP contribution is -2.26. The summed E-state index contributed by atoms with van der Waals surface area (Å²) in [5.74, 6) is -0.354. The summed E-state index contributed by atoms with van der Waals surface area (Å²) in [6.07, 6.45) is 0.740. The topological polar surface area (TPSA) is 55.8 Å². The standard InChI is InChI=1S/C11H22O4/c1-11(2,3)15-10(13)8-9(12)6-5-7-14-4/h9,12H,5-8H2,1-4H3. The van der Waals surface area contributed by atoms with E-state index in [4.69, 9.17) is 9.47 Å². The van der Waals surface area contributed by atoms with Gasteiger partial charge in [-0.2, -0.15) is 0 Å². The minimum absolute atomic E-state index is 0.0565. The molecule has 90 valence electrons. The zero-order valence-corrected chi connectivity index (χ0v) is 10.1. The predicted octanol–water partition coefficient (Wildman–Crippen LogP) is 1.51. The van der Waals surface area contributed by atoms with Gasteiger partial charge in [0.2, 0.25) is 0 Å². The molecule has 0 spiro atoms. The Morgan fingerprint density at radius 2 is 2.00 bits per heavy atom. The summed E-state index contributed by atoms with van der Waals surface area (Å²) in [7, 11) is 1.61. The van der Waals surface area contributed by atoms with Gasteiger partial charge in [-0.1, -0.05) is 0 Å². The second kappa shape index (κ2) is 6.80. The van der Waals surface area contributed by atoms with Crippen molar-refractivity contribution >= 4 is 5.97 Å². The van der Waals surface area contributed by atoms with Gasteiger partial charge >= 0.3 is 5.97 Å². The van der Waals surface area contributed by atoms with Crippen molar-refractivity contribution in [3.8, 4) is 0 Å². The van der Waals surface area contributed by atoms with Gasteiger partial charge in [-0.15, -0.1) is 0 Å². The van der Waals surface area contributed by atoms with Gasteiger partial charge in [0.15, 0.2) is 0 Å². The lowest BCUT2D eigenvalue weighted by Gasteiger charge is -2.20. The molecular formula is C11H22O4. The Morgan fingerprint density at radius 1 is 1.40 bits per heavy atom. The summed E-state index contributed by atoms with van der Waals surface area (Å²) in [6, 6.07) is 0. The summed E-state index contributed by atoms with van der Waals surface area (Å²) in [5, 5.41) is 9.49. The van der Waals surface area contributed by atoms with E-state index in [-0.39, 0.29) is 12.4 Å². The lowest BCUT2D eigenvalue weighted by molar-refractivity contribution is -0.157. The fourth-order valence-corrected chi connectivity index (χ4v) is 1.14. The Kier molecular flexibility index (Phi) is 6.52. The minimum atomic E-state index is -0.630. The maximum absolute atomic E-state index is 11.3. The molecule has 15 heavy (non-hydrogen) atoms. The first kappa shape index (κ1) is 14.4. The fourth-order valence-electron chi connectivity index (χ4n) is 1.14. The summed E-state index contributed by atoms with van der Waals surface area (Å²) in [5.41, 5.74) is -0.483. The van der Waals surface area contributed by atoms with Crippen molar-refractivity contribution in [1.82, 2.24) is 0 Å². The molecule has 1 unspecified atom stereocenters. The number of aliphatic hydroxyl groups excluding tert-OH is 1. The molecule has 4 nitrogen and oxygen atoms in total. The number of esters is 1. The summed E-state index contributed by atoms with van der Waals surface area (Å²) >= 11 is 0. The largest absolute Gasteiger partial charge is 0.460 e. The molecule has 0 bridgehead atoms. The molecule has 0 aliphatic heterocycles. The predicted molar refractivity (Wildman–Crippen MR) is 57.6 cm³/mol. The van der Waals surface area contributed by atoms with Crippen molar-refractivity contribution in [2.24, 2.45) is 0 Å². The van der Waals surface area contributed by atoms with Crippen molar-refractivity contribution in [1.29, 1.82) is 0 Å². The average Bonchev–Trinajstić information content (AvgIpc) is 2.00. The molecule has 0 aliphatic carbocycles. The highest BCUT2D eigenvalue weighted by molar-refractivity contribution is 5.70. The Morgan fingerprint density at radius 3 is 2.47 bits per heavy atom. The number of aliphatic hydroxyl groups is 1. The number of hydrogen-bond donors (Lipinski definition) is 1. The van der Waals surface area contributed by atoms with Gasteiger partial charge in [0.25, 0.3) is 0 Å². The van der Waals surface area contributed by atoms with Crippen molar-refractivity contribution in [3.05, 3.63) is 0 Å². The van der Waals surface area contributed by atoms with E-state index in [9.17, 15) is 9.90 Å². The second-order valence-corrected chi connectivity index (χ2v) is 4.58. The molecule has 0 amide bonds. The van der Waals surface area contributed by atoms with Gasteiger partial charge in [0.1, 0.15) is 5.60 Å². The Labute approximate surface area is 91.6 Å². The molecule has 0 heterocycles. The molecular weight excluding hydrogens is 196 g/mol. The number of rotatable bonds is 6. The maximum atomic E-state index is 11.3. The second-order valence-electron chi connectivity index (χ2n) is 4.58. The van der Waals surface area contributed by atoms with Crippen LogP contribution in [0.1, 0.15) is 40.0 Å². The van der Waals surface area contributed by atoms with E-state index in [0.717, 1.165) is 6.42 Å². The van der Waals surface area contributed by atoms with E-state index in [1.807, 2.05) is 20.8 Å². The smallest absolute Gasteiger partial charge is 0.308 e. The fraction of sp³-hybridized carbons (Fsp3) is 0.909. The number of methoxy groups -OCH3 is 1. The van der Waals surface area contributed by atoms with Crippen LogP contribution in [0.5, 0.6) is 0 Å². The molecule has 0 saturated carbocycles. The maximum Gasteiger partial charge on any atom is 0.308 e. The van der Waals surface area contributed by atoms with Crippen LogP contribution in [0.15, 0.2) is 0 Å². The third kappa shape index (κ3) is 9.69. The molecule has 0 rings (SSSR count). The lowest BCUT2D eigenvalue weighted by atomic mass is 10.1. The molecule has 4 heteroatoms. The normalized spacial score (nSPS) is 13.7.